The first kappa shape index (κ1) is 24.3. The van der Waals surface area contributed by atoms with Crippen molar-refractivity contribution in [2.75, 3.05) is 15.9 Å². The van der Waals surface area contributed by atoms with E-state index in [2.05, 4.69) is 5.32 Å². The first-order valence-corrected chi connectivity index (χ1v) is 11.8. The fourth-order valence-electron chi connectivity index (χ4n) is 3.33. The average molecular weight is 477 g/mol. The van der Waals surface area contributed by atoms with E-state index in [4.69, 9.17) is 0 Å². The zero-order valence-corrected chi connectivity index (χ0v) is 19.1. The van der Waals surface area contributed by atoms with Crippen molar-refractivity contribution in [2.24, 2.45) is 0 Å². The molecular weight excluding hydrogens is 453 g/mol. The Morgan fingerprint density at radius 2 is 1.61 bits per heavy atom. The molecule has 1 N–H and O–H groups in total. The summed E-state index contributed by atoms with van der Waals surface area (Å²) in [6.07, 6.45) is -3.48. The Hall–Kier alpha value is -3.33. The second kappa shape index (κ2) is 9.27. The van der Waals surface area contributed by atoms with Crippen molar-refractivity contribution in [3.63, 3.8) is 0 Å². The number of carbonyl (C=O) groups excluding carboxylic acids is 1. The van der Waals surface area contributed by atoms with E-state index in [0.29, 0.717) is 11.3 Å². The van der Waals surface area contributed by atoms with Crippen molar-refractivity contribution in [3.8, 4) is 0 Å². The molecule has 3 rings (SSSR count). The SMILES string of the molecule is Cc1ccc(C)c(N(Cc2ccc(C(=O)Nc3ccccc3C(F)(F)F)cc2)S(C)(=O)=O)c1. The minimum absolute atomic E-state index is 0.0436. The minimum atomic E-state index is -4.60. The maximum Gasteiger partial charge on any atom is 0.418 e. The van der Waals surface area contributed by atoms with Gasteiger partial charge < -0.3 is 5.32 Å². The Kier molecular flexibility index (Phi) is 6.83. The van der Waals surface area contributed by atoms with Crippen molar-refractivity contribution < 1.29 is 26.4 Å². The first-order chi connectivity index (χ1) is 15.4. The van der Waals surface area contributed by atoms with Gasteiger partial charge in [-0.15, -0.1) is 0 Å². The number of carbonyl (C=O) groups is 1. The molecule has 0 aliphatic carbocycles. The van der Waals surface area contributed by atoms with Crippen molar-refractivity contribution in [1.82, 2.24) is 0 Å². The Balaban J connectivity index is 1.82. The van der Waals surface area contributed by atoms with E-state index < -0.39 is 27.7 Å². The molecule has 174 valence electrons. The summed E-state index contributed by atoms with van der Waals surface area (Å²) < 4.78 is 65.7. The number of anilines is 2. The maximum atomic E-state index is 13.2. The molecule has 0 fully saturated rings. The summed E-state index contributed by atoms with van der Waals surface area (Å²) in [7, 11) is -3.59. The lowest BCUT2D eigenvalue weighted by Gasteiger charge is -2.25. The molecule has 0 heterocycles. The third-order valence-electron chi connectivity index (χ3n) is 5.06. The third kappa shape index (κ3) is 5.92. The van der Waals surface area contributed by atoms with E-state index >= 15 is 0 Å². The maximum absolute atomic E-state index is 13.2. The molecule has 0 saturated heterocycles. The van der Waals surface area contributed by atoms with Gasteiger partial charge in [-0.05, 0) is 60.9 Å². The summed E-state index contributed by atoms with van der Waals surface area (Å²) in [5.74, 6) is -0.701. The number of halogens is 3. The lowest BCUT2D eigenvalue weighted by molar-refractivity contribution is -0.136. The molecule has 0 atom stereocenters. The molecule has 0 unspecified atom stereocenters. The summed E-state index contributed by atoms with van der Waals surface area (Å²) in [4.78, 5) is 12.5. The summed E-state index contributed by atoms with van der Waals surface area (Å²) in [6.45, 7) is 3.73. The quantitative estimate of drug-likeness (QED) is 0.508. The van der Waals surface area contributed by atoms with Gasteiger partial charge in [-0.2, -0.15) is 13.2 Å². The number of benzene rings is 3. The lowest BCUT2D eigenvalue weighted by atomic mass is 10.1. The molecule has 0 bridgehead atoms. The largest absolute Gasteiger partial charge is 0.418 e. The topological polar surface area (TPSA) is 66.5 Å². The van der Waals surface area contributed by atoms with Gasteiger partial charge in [0.2, 0.25) is 10.0 Å². The molecule has 5 nitrogen and oxygen atoms in total. The first-order valence-electron chi connectivity index (χ1n) is 9.98. The van der Waals surface area contributed by atoms with Gasteiger partial charge in [0.1, 0.15) is 0 Å². The van der Waals surface area contributed by atoms with Crippen LogP contribution in [0.15, 0.2) is 66.7 Å². The van der Waals surface area contributed by atoms with Crippen molar-refractivity contribution in [3.05, 3.63) is 94.5 Å². The van der Waals surface area contributed by atoms with Crippen LogP contribution in [0.3, 0.4) is 0 Å². The highest BCUT2D eigenvalue weighted by Crippen LogP contribution is 2.34. The normalized spacial score (nSPS) is 11.8. The summed E-state index contributed by atoms with van der Waals surface area (Å²) in [6, 6.07) is 16.3. The summed E-state index contributed by atoms with van der Waals surface area (Å²) >= 11 is 0. The van der Waals surface area contributed by atoms with Gasteiger partial charge in [-0.1, -0.05) is 36.4 Å². The van der Waals surface area contributed by atoms with E-state index in [9.17, 15) is 26.4 Å². The zero-order chi connectivity index (χ0) is 24.4. The van der Waals surface area contributed by atoms with Crippen LogP contribution >= 0.6 is 0 Å². The van der Waals surface area contributed by atoms with Gasteiger partial charge in [0, 0.05) is 5.56 Å². The van der Waals surface area contributed by atoms with Crippen molar-refractivity contribution in [2.45, 2.75) is 26.6 Å². The fraction of sp³-hybridized carbons (Fsp3) is 0.208. The molecule has 0 aromatic heterocycles. The van der Waals surface area contributed by atoms with E-state index in [1.165, 1.54) is 34.6 Å². The van der Waals surface area contributed by atoms with Crippen LogP contribution < -0.4 is 9.62 Å². The number of nitrogens with zero attached hydrogens (tertiary/aromatic N) is 1. The van der Waals surface area contributed by atoms with Gasteiger partial charge in [0.15, 0.2) is 0 Å². The molecule has 33 heavy (non-hydrogen) atoms. The van der Waals surface area contributed by atoms with Crippen molar-refractivity contribution >= 4 is 27.3 Å². The molecule has 0 aliphatic rings. The standard InChI is InChI=1S/C24H23F3N2O3S/c1-16-8-9-17(2)22(14-16)29(33(3,31)32)15-18-10-12-19(13-11-18)23(30)28-21-7-5-4-6-20(21)24(25,26)27/h4-14H,15H2,1-3H3,(H,28,30). The molecular formula is C24H23F3N2O3S. The number of nitrogens with one attached hydrogen (secondary N) is 1. The number of hydrogen-bond donors (Lipinski definition) is 1. The molecule has 0 aliphatic heterocycles. The molecule has 1 amide bonds. The van der Waals surface area contributed by atoms with Crippen LogP contribution in [-0.4, -0.2) is 20.6 Å². The van der Waals surface area contributed by atoms with Gasteiger partial charge >= 0.3 is 6.18 Å². The van der Waals surface area contributed by atoms with Crippen LogP contribution in [0.25, 0.3) is 0 Å². The van der Waals surface area contributed by atoms with Crippen molar-refractivity contribution in [1.29, 1.82) is 0 Å². The van der Waals surface area contributed by atoms with Crippen LogP contribution in [-0.2, 0) is 22.7 Å². The van der Waals surface area contributed by atoms with E-state index in [-0.39, 0.29) is 17.8 Å². The number of rotatable bonds is 6. The Bertz CT molecular complexity index is 1270. The number of aryl methyl sites for hydroxylation is 2. The highest BCUT2D eigenvalue weighted by molar-refractivity contribution is 7.92. The second-order valence-corrected chi connectivity index (χ2v) is 9.66. The monoisotopic (exact) mass is 476 g/mol. The molecule has 3 aromatic rings. The zero-order valence-electron chi connectivity index (χ0n) is 18.3. The molecule has 0 saturated carbocycles. The van der Waals surface area contributed by atoms with Crippen LogP contribution in [0, 0.1) is 13.8 Å². The number of hydrogen-bond acceptors (Lipinski definition) is 3. The van der Waals surface area contributed by atoms with Gasteiger partial charge in [0.05, 0.1) is 29.7 Å². The highest BCUT2D eigenvalue weighted by atomic mass is 32.2. The molecule has 3 aromatic carbocycles. The van der Waals surface area contributed by atoms with E-state index in [1.807, 2.05) is 26.0 Å². The molecule has 0 spiro atoms. The predicted octanol–water partition coefficient (Wildman–Crippen LogP) is 5.54. The highest BCUT2D eigenvalue weighted by Gasteiger charge is 2.33. The predicted molar refractivity (Wildman–Crippen MR) is 123 cm³/mol. The number of alkyl halides is 3. The molecule has 9 heteroatoms. The Morgan fingerprint density at radius 3 is 2.21 bits per heavy atom. The summed E-state index contributed by atoms with van der Waals surface area (Å²) in [5, 5.41) is 2.29. The number of para-hydroxylation sites is 1. The number of amides is 1. The van der Waals surface area contributed by atoms with Crippen LogP contribution in [0.1, 0.15) is 32.6 Å². The average Bonchev–Trinajstić information content (AvgIpc) is 2.73. The van der Waals surface area contributed by atoms with Gasteiger partial charge in [-0.25, -0.2) is 8.42 Å². The fourth-order valence-corrected chi connectivity index (χ4v) is 4.27. The van der Waals surface area contributed by atoms with E-state index in [0.717, 1.165) is 23.4 Å². The third-order valence-corrected chi connectivity index (χ3v) is 6.18. The second-order valence-electron chi connectivity index (χ2n) is 7.75. The lowest BCUT2D eigenvalue weighted by Crippen LogP contribution is -2.30. The molecule has 0 radical (unpaired) electrons. The van der Waals surface area contributed by atoms with Crippen LogP contribution in [0.2, 0.25) is 0 Å². The summed E-state index contributed by atoms with van der Waals surface area (Å²) in [5.41, 5.74) is 1.76. The number of sulfonamides is 1. The van der Waals surface area contributed by atoms with Gasteiger partial charge in [0.25, 0.3) is 5.91 Å². The smallest absolute Gasteiger partial charge is 0.321 e. The minimum Gasteiger partial charge on any atom is -0.321 e. The van der Waals surface area contributed by atoms with E-state index in [1.54, 1.807) is 18.2 Å². The van der Waals surface area contributed by atoms with Crippen LogP contribution in [0.4, 0.5) is 24.5 Å². The Labute approximate surface area is 190 Å². The Morgan fingerprint density at radius 1 is 0.970 bits per heavy atom. The van der Waals surface area contributed by atoms with Crippen LogP contribution in [0.5, 0.6) is 0 Å². The van der Waals surface area contributed by atoms with Gasteiger partial charge in [-0.3, -0.25) is 9.10 Å².